The molecule has 3 aromatic rings. The van der Waals surface area contributed by atoms with E-state index >= 15 is 0 Å². The first-order valence-electron chi connectivity index (χ1n) is 14.6. The van der Waals surface area contributed by atoms with E-state index in [1.54, 1.807) is 11.0 Å². The molecular weight excluding hydrogens is 514 g/mol. The van der Waals surface area contributed by atoms with Crippen LogP contribution in [0.3, 0.4) is 0 Å². The third-order valence-corrected chi connectivity index (χ3v) is 8.41. The van der Waals surface area contributed by atoms with E-state index in [0.29, 0.717) is 51.1 Å². The number of ether oxygens (including phenoxy) is 1. The van der Waals surface area contributed by atoms with Crippen molar-refractivity contribution < 1.29 is 9.53 Å². The Morgan fingerprint density at radius 3 is 2.88 bits per heavy atom. The number of nitriles is 1. The number of hydrogen-bond acceptors (Lipinski definition) is 8. The van der Waals surface area contributed by atoms with Crippen LogP contribution in [-0.2, 0) is 17.8 Å². The van der Waals surface area contributed by atoms with Crippen LogP contribution in [0.25, 0.3) is 16.8 Å². The summed E-state index contributed by atoms with van der Waals surface area (Å²) in [6.07, 6.45) is 5.71. The van der Waals surface area contributed by atoms with E-state index in [1.165, 1.54) is 16.5 Å². The Morgan fingerprint density at radius 1 is 1.15 bits per heavy atom. The first kappa shape index (κ1) is 27.2. The second kappa shape index (κ2) is 12.2. The maximum absolute atomic E-state index is 13.1. The van der Waals surface area contributed by atoms with Crippen LogP contribution in [0.5, 0.6) is 6.01 Å². The van der Waals surface area contributed by atoms with Gasteiger partial charge in [0.1, 0.15) is 0 Å². The summed E-state index contributed by atoms with van der Waals surface area (Å²) in [5, 5.41) is 14.8. The zero-order valence-electron chi connectivity index (χ0n) is 23.6. The molecule has 2 aromatic carbocycles. The van der Waals surface area contributed by atoms with E-state index in [9.17, 15) is 4.79 Å². The summed E-state index contributed by atoms with van der Waals surface area (Å²) >= 11 is 0. The molecule has 9 nitrogen and oxygen atoms in total. The number of hydrogen-bond donors (Lipinski definition) is 1. The van der Waals surface area contributed by atoms with Crippen LogP contribution >= 0.6 is 0 Å². The van der Waals surface area contributed by atoms with Crippen molar-refractivity contribution in [2.75, 3.05) is 57.8 Å². The monoisotopic (exact) mass is 551 g/mol. The fourth-order valence-corrected chi connectivity index (χ4v) is 6.21. The third kappa shape index (κ3) is 6.19. The van der Waals surface area contributed by atoms with E-state index in [-0.39, 0.29) is 11.9 Å². The third-order valence-electron chi connectivity index (χ3n) is 8.41. The SMILES string of the molecule is CN1CC[C@H](COc2nc(C=CC(=O)N3CCN[C@H](CC#N)C3)c3c(n2)CN(c2cccc4ccccc24)CC3)C1. The Labute approximate surface area is 241 Å². The summed E-state index contributed by atoms with van der Waals surface area (Å²) in [7, 11) is 2.14. The maximum atomic E-state index is 13.1. The molecule has 1 amide bonds. The van der Waals surface area contributed by atoms with Crippen LogP contribution in [0, 0.1) is 17.2 Å². The average Bonchev–Trinajstić information content (AvgIpc) is 3.43. The normalized spacial score (nSPS) is 21.3. The Kier molecular flexibility index (Phi) is 8.12. The number of benzene rings is 2. The lowest BCUT2D eigenvalue weighted by molar-refractivity contribution is -0.127. The summed E-state index contributed by atoms with van der Waals surface area (Å²) in [4.78, 5) is 29.3. The molecule has 2 atom stereocenters. The highest BCUT2D eigenvalue weighted by molar-refractivity contribution is 5.94. The van der Waals surface area contributed by atoms with Gasteiger partial charge in [-0.05, 0) is 44.0 Å². The number of carbonyl (C=O) groups excluding carboxylic acids is 1. The van der Waals surface area contributed by atoms with Gasteiger partial charge in [0.15, 0.2) is 0 Å². The van der Waals surface area contributed by atoms with Crippen LogP contribution in [0.15, 0.2) is 48.5 Å². The molecule has 4 heterocycles. The van der Waals surface area contributed by atoms with E-state index < -0.39 is 0 Å². The van der Waals surface area contributed by atoms with Crippen LogP contribution in [0.1, 0.15) is 29.8 Å². The van der Waals surface area contributed by atoms with E-state index in [2.05, 4.69) is 70.7 Å². The van der Waals surface area contributed by atoms with Gasteiger partial charge >= 0.3 is 6.01 Å². The molecule has 2 saturated heterocycles. The molecule has 0 bridgehead atoms. The van der Waals surface area contributed by atoms with Gasteiger partial charge in [-0.1, -0.05) is 36.4 Å². The van der Waals surface area contributed by atoms with Gasteiger partial charge in [-0.25, -0.2) is 0 Å². The van der Waals surface area contributed by atoms with E-state index in [4.69, 9.17) is 20.0 Å². The lowest BCUT2D eigenvalue weighted by Gasteiger charge is -2.32. The van der Waals surface area contributed by atoms with Crippen molar-refractivity contribution in [3.05, 3.63) is 65.5 Å². The number of fused-ring (bicyclic) bond motifs is 2. The van der Waals surface area contributed by atoms with Gasteiger partial charge in [-0.3, -0.25) is 4.79 Å². The molecule has 0 spiro atoms. The Hall–Kier alpha value is -4.00. The molecule has 0 aliphatic carbocycles. The molecule has 0 saturated carbocycles. The van der Waals surface area contributed by atoms with E-state index in [0.717, 1.165) is 49.4 Å². The molecule has 3 aliphatic heterocycles. The fraction of sp³-hybridized carbons (Fsp3) is 0.438. The van der Waals surface area contributed by atoms with Crippen LogP contribution in [0.2, 0.25) is 0 Å². The predicted molar refractivity (Wildman–Crippen MR) is 159 cm³/mol. The highest BCUT2D eigenvalue weighted by Crippen LogP contribution is 2.32. The van der Waals surface area contributed by atoms with Gasteiger partial charge in [0.05, 0.1) is 37.0 Å². The molecule has 1 aromatic heterocycles. The zero-order valence-corrected chi connectivity index (χ0v) is 23.6. The molecule has 9 heteroatoms. The molecule has 6 rings (SSSR count). The van der Waals surface area contributed by atoms with Crippen molar-refractivity contribution in [2.24, 2.45) is 5.92 Å². The van der Waals surface area contributed by atoms with Crippen LogP contribution in [-0.4, -0.2) is 84.6 Å². The molecule has 1 N–H and O–H groups in total. The molecular formula is C32H37N7O2. The average molecular weight is 552 g/mol. The minimum absolute atomic E-state index is 0.00703. The van der Waals surface area contributed by atoms with Crippen molar-refractivity contribution in [2.45, 2.75) is 31.8 Å². The number of likely N-dealkylation sites (tertiary alicyclic amines) is 1. The van der Waals surface area contributed by atoms with Gasteiger partial charge in [-0.2, -0.15) is 15.2 Å². The number of aromatic nitrogens is 2. The molecule has 2 fully saturated rings. The van der Waals surface area contributed by atoms with Gasteiger partial charge in [-0.15, -0.1) is 0 Å². The maximum Gasteiger partial charge on any atom is 0.317 e. The van der Waals surface area contributed by atoms with Gasteiger partial charge in [0.25, 0.3) is 0 Å². The molecule has 3 aliphatic rings. The highest BCUT2D eigenvalue weighted by atomic mass is 16.5. The summed E-state index contributed by atoms with van der Waals surface area (Å²) in [6, 6.07) is 17.5. The number of amides is 1. The molecule has 212 valence electrons. The van der Waals surface area contributed by atoms with Crippen molar-refractivity contribution in [1.82, 2.24) is 25.1 Å². The Bertz CT molecular complexity index is 1480. The predicted octanol–water partition coefficient (Wildman–Crippen LogP) is 3.25. The number of rotatable bonds is 7. The van der Waals surface area contributed by atoms with Crippen LogP contribution < -0.4 is 15.0 Å². The van der Waals surface area contributed by atoms with Crippen molar-refractivity contribution >= 4 is 28.4 Å². The fourth-order valence-electron chi connectivity index (χ4n) is 6.21. The Morgan fingerprint density at radius 2 is 2.02 bits per heavy atom. The van der Waals surface area contributed by atoms with Crippen molar-refractivity contribution in [3.63, 3.8) is 0 Å². The standard InChI is InChI=1S/C32H37N7O2/c1-37-16-12-23(19-37)22-41-32-35-28(9-10-31(40)39-18-15-34-25(20-39)11-14-33)27-13-17-38(21-29(27)36-32)30-8-4-6-24-5-2-3-7-26(24)30/h2-10,23,25,34H,11-13,15-22H2,1H3/t23-,25+/m0/s1. The minimum Gasteiger partial charge on any atom is -0.463 e. The number of nitrogens with zero attached hydrogens (tertiary/aromatic N) is 6. The lowest BCUT2D eigenvalue weighted by Crippen LogP contribution is -2.52. The molecule has 41 heavy (non-hydrogen) atoms. The number of anilines is 1. The highest BCUT2D eigenvalue weighted by Gasteiger charge is 2.26. The van der Waals surface area contributed by atoms with Crippen molar-refractivity contribution in [3.8, 4) is 12.1 Å². The van der Waals surface area contributed by atoms with E-state index in [1.807, 2.05) is 6.08 Å². The summed E-state index contributed by atoms with van der Waals surface area (Å²) in [5.41, 5.74) is 3.96. The number of piperazine rings is 1. The first-order chi connectivity index (χ1) is 20.1. The smallest absolute Gasteiger partial charge is 0.317 e. The summed E-state index contributed by atoms with van der Waals surface area (Å²) in [6.45, 7) is 6.00. The van der Waals surface area contributed by atoms with Gasteiger partial charge < -0.3 is 24.8 Å². The minimum atomic E-state index is -0.0635. The number of nitrogens with one attached hydrogen (secondary N) is 1. The molecule has 0 radical (unpaired) electrons. The molecule has 0 unspecified atom stereocenters. The topological polar surface area (TPSA) is 97.6 Å². The summed E-state index contributed by atoms with van der Waals surface area (Å²) < 4.78 is 6.18. The Balaban J connectivity index is 1.26. The lowest BCUT2D eigenvalue weighted by atomic mass is 10.0. The van der Waals surface area contributed by atoms with Gasteiger partial charge in [0, 0.05) is 67.4 Å². The van der Waals surface area contributed by atoms with Gasteiger partial charge in [0.2, 0.25) is 5.91 Å². The number of carbonyl (C=O) groups is 1. The second-order valence-electron chi connectivity index (χ2n) is 11.3. The largest absolute Gasteiger partial charge is 0.463 e. The van der Waals surface area contributed by atoms with Crippen LogP contribution in [0.4, 0.5) is 5.69 Å². The summed E-state index contributed by atoms with van der Waals surface area (Å²) in [5.74, 6) is 0.396. The zero-order chi connectivity index (χ0) is 28.2. The van der Waals surface area contributed by atoms with Crippen molar-refractivity contribution in [1.29, 1.82) is 5.26 Å². The quantitative estimate of drug-likeness (QED) is 0.447. The second-order valence-corrected chi connectivity index (χ2v) is 11.3. The first-order valence-corrected chi connectivity index (χ1v) is 14.6.